The number of aromatic nitrogens is 2. The number of thiophene rings is 2. The smallest absolute Gasteiger partial charge is 0.262 e. The van der Waals surface area contributed by atoms with Gasteiger partial charge >= 0.3 is 0 Å². The molecular formula is C23H20N4O3S2. The van der Waals surface area contributed by atoms with Gasteiger partial charge in [0.05, 0.1) is 17.3 Å². The van der Waals surface area contributed by atoms with Crippen LogP contribution in [0.2, 0.25) is 0 Å². The summed E-state index contributed by atoms with van der Waals surface area (Å²) in [7, 11) is 0. The summed E-state index contributed by atoms with van der Waals surface area (Å²) < 4.78 is 1.30. The number of primary amides is 1. The van der Waals surface area contributed by atoms with Crippen LogP contribution in [0.5, 0.6) is 0 Å². The van der Waals surface area contributed by atoms with E-state index in [1.165, 1.54) is 33.6 Å². The Labute approximate surface area is 191 Å². The molecule has 0 atom stereocenters. The van der Waals surface area contributed by atoms with E-state index in [4.69, 9.17) is 5.73 Å². The lowest BCUT2D eigenvalue weighted by Gasteiger charge is -2.08. The van der Waals surface area contributed by atoms with Gasteiger partial charge in [0, 0.05) is 9.75 Å². The molecule has 7 nitrogen and oxygen atoms in total. The van der Waals surface area contributed by atoms with E-state index in [0.717, 1.165) is 45.7 Å². The van der Waals surface area contributed by atoms with E-state index in [1.54, 1.807) is 0 Å². The van der Waals surface area contributed by atoms with Crippen molar-refractivity contribution in [3.63, 3.8) is 0 Å². The van der Waals surface area contributed by atoms with Crippen molar-refractivity contribution in [3.05, 3.63) is 68.6 Å². The third-order valence-corrected chi connectivity index (χ3v) is 8.14. The molecule has 0 bridgehead atoms. The van der Waals surface area contributed by atoms with E-state index in [0.29, 0.717) is 20.8 Å². The molecule has 0 fully saturated rings. The fourth-order valence-electron chi connectivity index (χ4n) is 4.21. The molecule has 3 aromatic heterocycles. The van der Waals surface area contributed by atoms with Gasteiger partial charge in [0.25, 0.3) is 11.5 Å². The zero-order valence-electron chi connectivity index (χ0n) is 17.3. The average Bonchev–Trinajstić information content (AvgIpc) is 3.43. The molecule has 162 valence electrons. The molecule has 2 amide bonds. The minimum absolute atomic E-state index is 0.196. The van der Waals surface area contributed by atoms with Crippen molar-refractivity contribution >= 4 is 49.7 Å². The van der Waals surface area contributed by atoms with E-state index >= 15 is 0 Å². The maximum atomic E-state index is 13.1. The molecule has 9 heteroatoms. The molecule has 5 rings (SSSR count). The number of anilines is 1. The van der Waals surface area contributed by atoms with Crippen LogP contribution in [0.15, 0.2) is 41.5 Å². The number of aryl methyl sites for hydroxylation is 2. The van der Waals surface area contributed by atoms with Crippen LogP contribution in [-0.2, 0) is 24.2 Å². The highest BCUT2D eigenvalue weighted by atomic mass is 32.1. The second-order valence-corrected chi connectivity index (χ2v) is 9.86. The minimum atomic E-state index is -0.540. The first-order chi connectivity index (χ1) is 15.4. The molecule has 0 aliphatic heterocycles. The van der Waals surface area contributed by atoms with E-state index in [2.05, 4.69) is 10.3 Å². The molecule has 4 aromatic rings. The number of hydrogen-bond donors (Lipinski definition) is 2. The number of rotatable bonds is 5. The number of carbonyl (C=O) groups excluding carboxylic acids is 2. The van der Waals surface area contributed by atoms with E-state index < -0.39 is 11.8 Å². The Morgan fingerprint density at radius 3 is 2.72 bits per heavy atom. The quantitative estimate of drug-likeness (QED) is 0.469. The highest BCUT2D eigenvalue weighted by molar-refractivity contribution is 7.22. The van der Waals surface area contributed by atoms with Gasteiger partial charge in [-0.3, -0.25) is 19.0 Å². The summed E-state index contributed by atoms with van der Waals surface area (Å²) in [6, 6.07) is 9.85. The number of nitrogens with zero attached hydrogens (tertiary/aromatic N) is 2. The monoisotopic (exact) mass is 464 g/mol. The topological polar surface area (TPSA) is 107 Å². The largest absolute Gasteiger partial charge is 0.365 e. The summed E-state index contributed by atoms with van der Waals surface area (Å²) in [5, 5.41) is 3.77. The van der Waals surface area contributed by atoms with Gasteiger partial charge in [-0.05, 0) is 42.9 Å². The number of benzene rings is 1. The van der Waals surface area contributed by atoms with Gasteiger partial charge in [-0.1, -0.05) is 30.3 Å². The Morgan fingerprint density at radius 2 is 1.97 bits per heavy atom. The SMILES string of the molecule is Cc1c(-c2ccccc2)sc2ncn(CC(=O)Nc3sc4c(c3C(N)=O)CCC4)c(=O)c12. The van der Waals surface area contributed by atoms with Crippen LogP contribution in [0.3, 0.4) is 0 Å². The Morgan fingerprint density at radius 1 is 1.19 bits per heavy atom. The standard InChI is InChI=1S/C23H20N4O3S2/c1-12-17-21(32-19(12)13-6-3-2-4-7-13)25-11-27(23(17)30)10-16(28)26-22-18(20(24)29)14-8-5-9-15(14)31-22/h2-4,6-7,11H,5,8-10H2,1H3,(H2,24,29)(H,26,28). The van der Waals surface area contributed by atoms with Crippen LogP contribution < -0.4 is 16.6 Å². The molecule has 3 N–H and O–H groups in total. The predicted octanol–water partition coefficient (Wildman–Crippen LogP) is 3.72. The lowest BCUT2D eigenvalue weighted by atomic mass is 10.1. The van der Waals surface area contributed by atoms with Crippen molar-refractivity contribution in [2.75, 3.05) is 5.32 Å². The van der Waals surface area contributed by atoms with Gasteiger partial charge in [0.15, 0.2) is 0 Å². The summed E-state index contributed by atoms with van der Waals surface area (Å²) in [5.74, 6) is -0.936. The average molecular weight is 465 g/mol. The fraction of sp³-hybridized carbons (Fsp3) is 0.217. The molecule has 1 aliphatic rings. The highest BCUT2D eigenvalue weighted by Gasteiger charge is 2.26. The molecule has 32 heavy (non-hydrogen) atoms. The summed E-state index contributed by atoms with van der Waals surface area (Å²) in [6.07, 6.45) is 4.07. The molecule has 0 unspecified atom stereocenters. The third-order valence-electron chi connectivity index (χ3n) is 5.69. The van der Waals surface area contributed by atoms with Gasteiger partial charge in [0.1, 0.15) is 16.4 Å². The third kappa shape index (κ3) is 3.43. The molecular weight excluding hydrogens is 444 g/mol. The second-order valence-electron chi connectivity index (χ2n) is 7.75. The summed E-state index contributed by atoms with van der Waals surface area (Å²) in [4.78, 5) is 45.0. The Balaban J connectivity index is 1.44. The zero-order valence-corrected chi connectivity index (χ0v) is 18.9. The van der Waals surface area contributed by atoms with E-state index in [-0.39, 0.29) is 12.1 Å². The van der Waals surface area contributed by atoms with E-state index in [9.17, 15) is 14.4 Å². The molecule has 0 saturated heterocycles. The molecule has 0 radical (unpaired) electrons. The number of carbonyl (C=O) groups is 2. The molecule has 1 aliphatic carbocycles. The lowest BCUT2D eigenvalue weighted by molar-refractivity contribution is -0.116. The Bertz CT molecular complexity index is 1430. The van der Waals surface area contributed by atoms with Gasteiger partial charge in [-0.15, -0.1) is 22.7 Å². The highest BCUT2D eigenvalue weighted by Crippen LogP contribution is 2.39. The van der Waals surface area contributed by atoms with Gasteiger partial charge in [0.2, 0.25) is 5.91 Å². The van der Waals surface area contributed by atoms with Crippen molar-refractivity contribution < 1.29 is 9.59 Å². The van der Waals surface area contributed by atoms with Crippen LogP contribution in [0, 0.1) is 6.92 Å². The van der Waals surface area contributed by atoms with Crippen molar-refractivity contribution in [2.24, 2.45) is 5.73 Å². The number of amides is 2. The maximum absolute atomic E-state index is 13.1. The number of nitrogens with two attached hydrogens (primary N) is 1. The minimum Gasteiger partial charge on any atom is -0.365 e. The second kappa shape index (κ2) is 7.99. The van der Waals surface area contributed by atoms with Crippen molar-refractivity contribution in [3.8, 4) is 10.4 Å². The lowest BCUT2D eigenvalue weighted by Crippen LogP contribution is -2.28. The summed E-state index contributed by atoms with van der Waals surface area (Å²) >= 11 is 2.86. The first-order valence-electron chi connectivity index (χ1n) is 10.2. The molecule has 0 spiro atoms. The van der Waals surface area contributed by atoms with Gasteiger partial charge in [-0.25, -0.2) is 4.98 Å². The first kappa shape index (κ1) is 20.6. The zero-order chi connectivity index (χ0) is 22.4. The molecule has 3 heterocycles. The van der Waals surface area contributed by atoms with Crippen molar-refractivity contribution in [1.29, 1.82) is 0 Å². The Hall–Kier alpha value is -3.30. The van der Waals surface area contributed by atoms with Gasteiger partial charge in [-0.2, -0.15) is 0 Å². The van der Waals surface area contributed by atoms with Crippen LogP contribution in [0.25, 0.3) is 20.7 Å². The van der Waals surface area contributed by atoms with Gasteiger partial charge < -0.3 is 11.1 Å². The predicted molar refractivity (Wildman–Crippen MR) is 128 cm³/mol. The van der Waals surface area contributed by atoms with Crippen molar-refractivity contribution in [2.45, 2.75) is 32.7 Å². The van der Waals surface area contributed by atoms with E-state index in [1.807, 2.05) is 37.3 Å². The van der Waals surface area contributed by atoms with Crippen LogP contribution in [0.1, 0.15) is 32.8 Å². The van der Waals surface area contributed by atoms with Crippen LogP contribution in [0.4, 0.5) is 5.00 Å². The Kier molecular flexibility index (Phi) is 5.15. The van der Waals surface area contributed by atoms with Crippen LogP contribution >= 0.6 is 22.7 Å². The fourth-order valence-corrected chi connectivity index (χ4v) is 6.67. The summed E-state index contributed by atoms with van der Waals surface area (Å²) in [6.45, 7) is 1.71. The van der Waals surface area contributed by atoms with Crippen molar-refractivity contribution in [1.82, 2.24) is 9.55 Å². The number of hydrogen-bond acceptors (Lipinski definition) is 6. The molecule has 0 saturated carbocycles. The maximum Gasteiger partial charge on any atom is 0.262 e. The van der Waals surface area contributed by atoms with Crippen LogP contribution in [-0.4, -0.2) is 21.4 Å². The summed E-state index contributed by atoms with van der Waals surface area (Å²) in [5.41, 5.74) is 8.54. The molecule has 1 aromatic carbocycles. The number of fused-ring (bicyclic) bond motifs is 2. The first-order valence-corrected chi connectivity index (χ1v) is 11.9. The number of nitrogens with one attached hydrogen (secondary N) is 1. The normalized spacial score (nSPS) is 12.8.